The molecule has 0 unspecified atom stereocenters. The molecule has 1 aromatic rings. The van der Waals surface area contributed by atoms with Crippen LogP contribution in [-0.4, -0.2) is 4.98 Å². The first-order chi connectivity index (χ1) is 2.89. The highest BCUT2D eigenvalue weighted by molar-refractivity contribution is 9.10. The van der Waals surface area contributed by atoms with Crippen molar-refractivity contribution >= 4 is 27.3 Å². The molecule has 1 rings (SSSR count). The van der Waals surface area contributed by atoms with Crippen LogP contribution in [0.25, 0.3) is 0 Å². The molecular weight excluding hydrogens is 162 g/mol. The Kier molecular flexibility index (Phi) is 1.22. The largest absolute Gasteiger partial charge is 0.227 e. The van der Waals surface area contributed by atoms with Gasteiger partial charge in [0.2, 0.25) is 0 Å². The molecule has 0 N–H and O–H groups in total. The fraction of sp³-hybridized carbons (Fsp3) is 0. The van der Waals surface area contributed by atoms with Crippen LogP contribution in [0.1, 0.15) is 0 Å². The molecule has 0 bridgehead atoms. The smallest absolute Gasteiger partial charge is 0.153 e. The molecule has 3 heteroatoms. The maximum Gasteiger partial charge on any atom is 0.153 e. The van der Waals surface area contributed by atoms with E-state index in [-0.39, 0.29) is 0 Å². The average Bonchev–Trinajstić information content (AvgIpc) is 1.86. The van der Waals surface area contributed by atoms with Gasteiger partial charge in [-0.15, -0.1) is 11.3 Å². The standard InChI is InChI=1S/C3HBrNS/c4-3-1-6-2-5-3/h1H. The lowest BCUT2D eigenvalue weighted by Crippen LogP contribution is -1.50. The van der Waals surface area contributed by atoms with Gasteiger partial charge >= 0.3 is 0 Å². The first-order valence-corrected chi connectivity index (χ1v) is 3.04. The van der Waals surface area contributed by atoms with Gasteiger partial charge in [-0.05, 0) is 15.9 Å². The van der Waals surface area contributed by atoms with Gasteiger partial charge in [0, 0.05) is 5.38 Å². The topological polar surface area (TPSA) is 12.9 Å². The second kappa shape index (κ2) is 1.71. The molecule has 31 valence electrons. The van der Waals surface area contributed by atoms with Gasteiger partial charge in [0.25, 0.3) is 0 Å². The molecule has 0 aliphatic heterocycles. The highest BCUT2D eigenvalue weighted by Crippen LogP contribution is 2.06. The average molecular weight is 163 g/mol. The van der Waals surface area contributed by atoms with Gasteiger partial charge < -0.3 is 0 Å². The molecule has 1 aromatic heterocycles. The summed E-state index contributed by atoms with van der Waals surface area (Å²) in [5.41, 5.74) is 2.67. The molecule has 0 aromatic carbocycles. The van der Waals surface area contributed by atoms with E-state index >= 15 is 0 Å². The van der Waals surface area contributed by atoms with Crippen molar-refractivity contribution in [2.75, 3.05) is 0 Å². The van der Waals surface area contributed by atoms with Crippen LogP contribution in [0.2, 0.25) is 0 Å². The van der Waals surface area contributed by atoms with E-state index in [0.717, 1.165) is 4.60 Å². The van der Waals surface area contributed by atoms with E-state index in [1.165, 1.54) is 11.3 Å². The molecule has 0 fully saturated rings. The Bertz CT molecular complexity index is 114. The summed E-state index contributed by atoms with van der Waals surface area (Å²) in [5, 5.41) is 1.88. The van der Waals surface area contributed by atoms with Crippen molar-refractivity contribution in [2.45, 2.75) is 0 Å². The molecule has 1 heterocycles. The summed E-state index contributed by atoms with van der Waals surface area (Å²) in [6.45, 7) is 0. The van der Waals surface area contributed by atoms with E-state index in [2.05, 4.69) is 26.4 Å². The number of thiazole rings is 1. The Balaban J connectivity index is 3.05. The highest BCUT2D eigenvalue weighted by Gasteiger charge is 1.79. The Morgan fingerprint density at radius 3 is 3.00 bits per heavy atom. The quantitative estimate of drug-likeness (QED) is 0.567. The second-order valence-corrected chi connectivity index (χ2v) is 2.23. The second-order valence-electron chi connectivity index (χ2n) is 0.762. The highest BCUT2D eigenvalue weighted by atomic mass is 79.9. The summed E-state index contributed by atoms with van der Waals surface area (Å²) in [5.74, 6) is 0. The third-order valence-corrected chi connectivity index (χ3v) is 1.61. The van der Waals surface area contributed by atoms with Gasteiger partial charge in [0.05, 0.1) is 0 Å². The Hall–Kier alpha value is 0.110. The van der Waals surface area contributed by atoms with E-state index < -0.39 is 0 Å². The molecule has 0 amide bonds. The fourth-order valence-electron chi connectivity index (χ4n) is 0.171. The monoisotopic (exact) mass is 162 g/mol. The van der Waals surface area contributed by atoms with Gasteiger partial charge in [-0.3, -0.25) is 0 Å². The normalized spacial score (nSPS) is 8.83. The molecule has 0 saturated heterocycles. The van der Waals surface area contributed by atoms with Gasteiger partial charge in [-0.2, -0.15) is 0 Å². The third-order valence-electron chi connectivity index (χ3n) is 0.361. The third kappa shape index (κ3) is 0.786. The molecule has 0 atom stereocenters. The predicted octanol–water partition coefficient (Wildman–Crippen LogP) is 1.71. The van der Waals surface area contributed by atoms with Crippen LogP contribution in [0.3, 0.4) is 0 Å². The van der Waals surface area contributed by atoms with E-state index in [1.54, 1.807) is 0 Å². The number of halogens is 1. The summed E-state index contributed by atoms with van der Waals surface area (Å²) < 4.78 is 0.868. The van der Waals surface area contributed by atoms with Crippen molar-refractivity contribution in [1.29, 1.82) is 0 Å². The molecule has 0 saturated carbocycles. The van der Waals surface area contributed by atoms with Crippen molar-refractivity contribution in [3.8, 4) is 0 Å². The summed E-state index contributed by atoms with van der Waals surface area (Å²) in [6, 6.07) is 0. The molecule has 0 aliphatic rings. The number of hydrogen-bond donors (Lipinski definition) is 0. The van der Waals surface area contributed by atoms with Crippen molar-refractivity contribution in [3.63, 3.8) is 0 Å². The number of aromatic nitrogens is 1. The zero-order chi connectivity index (χ0) is 4.41. The Morgan fingerprint density at radius 1 is 2.00 bits per heavy atom. The summed E-state index contributed by atoms with van der Waals surface area (Å²) in [7, 11) is 0. The van der Waals surface area contributed by atoms with Crippen molar-refractivity contribution in [1.82, 2.24) is 4.98 Å². The van der Waals surface area contributed by atoms with Crippen LogP contribution >= 0.6 is 27.3 Å². The van der Waals surface area contributed by atoms with Crippen molar-refractivity contribution < 1.29 is 0 Å². The van der Waals surface area contributed by atoms with Crippen LogP contribution < -0.4 is 0 Å². The summed E-state index contributed by atoms with van der Waals surface area (Å²) in [4.78, 5) is 3.73. The molecular formula is C3HBrNS. The van der Waals surface area contributed by atoms with E-state index in [4.69, 9.17) is 0 Å². The lowest BCUT2D eigenvalue weighted by molar-refractivity contribution is 1.35. The lowest BCUT2D eigenvalue weighted by Gasteiger charge is -1.61. The van der Waals surface area contributed by atoms with E-state index in [0.29, 0.717) is 0 Å². The van der Waals surface area contributed by atoms with Crippen molar-refractivity contribution in [3.05, 3.63) is 15.5 Å². The number of rotatable bonds is 0. The first-order valence-electron chi connectivity index (χ1n) is 1.36. The molecule has 0 aliphatic carbocycles. The van der Waals surface area contributed by atoms with E-state index in [1.807, 2.05) is 5.38 Å². The van der Waals surface area contributed by atoms with E-state index in [9.17, 15) is 0 Å². The van der Waals surface area contributed by atoms with Crippen LogP contribution in [-0.2, 0) is 0 Å². The zero-order valence-electron chi connectivity index (χ0n) is 2.81. The minimum atomic E-state index is 0.868. The SMILES string of the molecule is Brc1cs[c]n1. The van der Waals surface area contributed by atoms with Gasteiger partial charge in [-0.25, -0.2) is 4.98 Å². The minimum Gasteiger partial charge on any atom is -0.227 e. The van der Waals surface area contributed by atoms with Crippen LogP contribution in [0.15, 0.2) is 9.98 Å². The minimum absolute atomic E-state index is 0.868. The summed E-state index contributed by atoms with van der Waals surface area (Å²) in [6.07, 6.45) is 0. The Labute approximate surface area is 48.2 Å². The molecule has 6 heavy (non-hydrogen) atoms. The van der Waals surface area contributed by atoms with Crippen LogP contribution in [0, 0.1) is 5.51 Å². The zero-order valence-corrected chi connectivity index (χ0v) is 5.21. The first kappa shape index (κ1) is 4.27. The maximum absolute atomic E-state index is 3.73. The maximum atomic E-state index is 3.73. The van der Waals surface area contributed by atoms with Crippen LogP contribution in [0.4, 0.5) is 0 Å². The lowest BCUT2D eigenvalue weighted by atomic mass is 11.0. The predicted molar refractivity (Wildman–Crippen MR) is 28.6 cm³/mol. The van der Waals surface area contributed by atoms with Gasteiger partial charge in [-0.1, -0.05) is 0 Å². The van der Waals surface area contributed by atoms with Gasteiger partial charge in [0.15, 0.2) is 5.51 Å². The van der Waals surface area contributed by atoms with Crippen molar-refractivity contribution in [2.24, 2.45) is 0 Å². The fourth-order valence-corrected chi connectivity index (χ4v) is 1.01. The van der Waals surface area contributed by atoms with Crippen LogP contribution in [0.5, 0.6) is 0 Å². The van der Waals surface area contributed by atoms with Gasteiger partial charge in [0.1, 0.15) is 4.60 Å². The number of nitrogens with zero attached hydrogens (tertiary/aromatic N) is 1. The number of hydrogen-bond acceptors (Lipinski definition) is 2. The molecule has 1 radical (unpaired) electrons. The summed E-state index contributed by atoms with van der Waals surface area (Å²) >= 11 is 4.61. The molecule has 1 nitrogen and oxygen atoms in total. The Morgan fingerprint density at radius 2 is 2.83 bits per heavy atom. The molecule has 0 spiro atoms.